The number of rotatable bonds is 3. The van der Waals surface area contributed by atoms with Crippen LogP contribution in [0.5, 0.6) is 0 Å². The first-order valence-corrected chi connectivity index (χ1v) is 4.56. The summed E-state index contributed by atoms with van der Waals surface area (Å²) in [6, 6.07) is 5.40. The molecule has 76 valence electrons. The molecule has 0 radical (unpaired) electrons. The zero-order valence-electron chi connectivity index (χ0n) is 8.66. The van der Waals surface area contributed by atoms with E-state index in [0.29, 0.717) is 12.2 Å². The molecule has 3 nitrogen and oxygen atoms in total. The molecule has 0 bridgehead atoms. The van der Waals surface area contributed by atoms with Crippen LogP contribution in [0, 0.1) is 13.8 Å². The van der Waals surface area contributed by atoms with Crippen molar-refractivity contribution in [2.24, 2.45) is 0 Å². The van der Waals surface area contributed by atoms with Crippen LogP contribution in [0.4, 0.5) is 0 Å². The molecule has 14 heavy (non-hydrogen) atoms. The number of benzene rings is 1. The molecular weight excluding hydrogens is 180 g/mol. The van der Waals surface area contributed by atoms with Crippen LogP contribution >= 0.6 is 0 Å². The summed E-state index contributed by atoms with van der Waals surface area (Å²) >= 11 is 0. The lowest BCUT2D eigenvalue weighted by Gasteiger charge is -2.04. The second kappa shape index (κ2) is 4.77. The molecule has 0 aromatic heterocycles. The zero-order valence-corrected chi connectivity index (χ0v) is 8.66. The molecule has 0 atom stereocenters. The fourth-order valence-electron chi connectivity index (χ4n) is 1.03. The molecule has 0 aliphatic heterocycles. The monoisotopic (exact) mass is 194 g/mol. The molecule has 0 amide bonds. The van der Waals surface area contributed by atoms with E-state index in [-0.39, 0.29) is 0 Å². The summed E-state index contributed by atoms with van der Waals surface area (Å²) in [7, 11) is 0. The lowest BCUT2D eigenvalue weighted by molar-refractivity contribution is -0.236. The number of carbonyl (C=O) groups is 1. The minimum Gasteiger partial charge on any atom is -0.293 e. The van der Waals surface area contributed by atoms with Gasteiger partial charge in [-0.05, 0) is 44.0 Å². The van der Waals surface area contributed by atoms with Crippen LogP contribution in [0.15, 0.2) is 18.2 Å². The normalized spacial score (nSPS) is 9.93. The Morgan fingerprint density at radius 3 is 2.57 bits per heavy atom. The molecule has 0 heterocycles. The van der Waals surface area contributed by atoms with E-state index in [0.717, 1.165) is 11.1 Å². The summed E-state index contributed by atoms with van der Waals surface area (Å²) in [4.78, 5) is 20.4. The van der Waals surface area contributed by atoms with Gasteiger partial charge in [0.15, 0.2) is 0 Å². The van der Waals surface area contributed by atoms with E-state index in [1.54, 1.807) is 19.1 Å². The highest BCUT2D eigenvalue weighted by Gasteiger charge is 2.08. The van der Waals surface area contributed by atoms with Crippen LogP contribution in [0.2, 0.25) is 0 Å². The lowest BCUT2D eigenvalue weighted by Crippen LogP contribution is -2.06. The first-order valence-electron chi connectivity index (χ1n) is 4.56. The predicted octanol–water partition coefficient (Wildman–Crippen LogP) is 2.41. The maximum Gasteiger partial charge on any atom is 0.373 e. The third kappa shape index (κ3) is 2.57. The van der Waals surface area contributed by atoms with E-state index < -0.39 is 5.97 Å². The molecule has 0 spiro atoms. The Morgan fingerprint density at radius 1 is 1.29 bits per heavy atom. The Hall–Kier alpha value is -1.35. The Labute approximate surface area is 83.6 Å². The summed E-state index contributed by atoms with van der Waals surface area (Å²) < 4.78 is 0. The van der Waals surface area contributed by atoms with Crippen molar-refractivity contribution in [1.82, 2.24) is 0 Å². The zero-order chi connectivity index (χ0) is 10.6. The highest BCUT2D eigenvalue weighted by molar-refractivity contribution is 5.89. The molecule has 0 unspecified atom stereocenters. The van der Waals surface area contributed by atoms with Gasteiger partial charge in [0.1, 0.15) is 0 Å². The minimum absolute atomic E-state index is 0.358. The van der Waals surface area contributed by atoms with E-state index in [1.165, 1.54) is 0 Å². The number of carbonyl (C=O) groups excluding carboxylic acids is 1. The molecule has 0 aliphatic rings. The molecule has 0 aliphatic carbocycles. The minimum atomic E-state index is -0.449. The molecule has 0 saturated heterocycles. The van der Waals surface area contributed by atoms with Gasteiger partial charge >= 0.3 is 5.97 Å². The number of aryl methyl sites for hydroxylation is 2. The fraction of sp³-hybridized carbons (Fsp3) is 0.364. The van der Waals surface area contributed by atoms with Gasteiger partial charge in [0, 0.05) is 0 Å². The topological polar surface area (TPSA) is 35.5 Å². The van der Waals surface area contributed by atoms with E-state index in [2.05, 4.69) is 9.78 Å². The van der Waals surface area contributed by atoms with Crippen molar-refractivity contribution in [2.45, 2.75) is 20.8 Å². The van der Waals surface area contributed by atoms with Crippen LogP contribution in [-0.4, -0.2) is 12.6 Å². The first kappa shape index (κ1) is 10.7. The summed E-state index contributed by atoms with van der Waals surface area (Å²) in [5.74, 6) is -0.449. The van der Waals surface area contributed by atoms with Crippen molar-refractivity contribution < 1.29 is 14.6 Å². The quantitative estimate of drug-likeness (QED) is 0.547. The summed E-state index contributed by atoms with van der Waals surface area (Å²) in [5.41, 5.74) is 2.73. The van der Waals surface area contributed by atoms with Crippen LogP contribution in [0.3, 0.4) is 0 Å². The molecule has 0 fully saturated rings. The van der Waals surface area contributed by atoms with Gasteiger partial charge in [0.25, 0.3) is 0 Å². The van der Waals surface area contributed by atoms with Gasteiger partial charge in [0.2, 0.25) is 0 Å². The predicted molar refractivity (Wildman–Crippen MR) is 53.0 cm³/mol. The van der Waals surface area contributed by atoms with E-state index >= 15 is 0 Å². The van der Waals surface area contributed by atoms with Gasteiger partial charge in [-0.3, -0.25) is 4.89 Å². The maximum atomic E-state index is 11.3. The second-order valence-corrected chi connectivity index (χ2v) is 3.08. The molecule has 3 heteroatoms. The van der Waals surface area contributed by atoms with Crippen molar-refractivity contribution >= 4 is 5.97 Å². The van der Waals surface area contributed by atoms with Crippen molar-refractivity contribution in [2.75, 3.05) is 6.61 Å². The Balaban J connectivity index is 2.76. The molecule has 1 aromatic rings. The Morgan fingerprint density at radius 2 is 2.00 bits per heavy atom. The van der Waals surface area contributed by atoms with E-state index in [4.69, 9.17) is 0 Å². The number of hydrogen-bond donors (Lipinski definition) is 0. The molecule has 1 aromatic carbocycles. The highest BCUT2D eigenvalue weighted by Crippen LogP contribution is 2.10. The average molecular weight is 194 g/mol. The van der Waals surface area contributed by atoms with Gasteiger partial charge in [-0.15, -0.1) is 0 Å². The fourth-order valence-corrected chi connectivity index (χ4v) is 1.03. The van der Waals surface area contributed by atoms with E-state index in [1.807, 2.05) is 19.9 Å². The SMILES string of the molecule is CCOOC(=O)c1ccc(C)c(C)c1. The van der Waals surface area contributed by atoms with Crippen molar-refractivity contribution in [3.8, 4) is 0 Å². The van der Waals surface area contributed by atoms with Gasteiger partial charge in [-0.1, -0.05) is 6.07 Å². The maximum absolute atomic E-state index is 11.3. The van der Waals surface area contributed by atoms with Gasteiger partial charge in [-0.25, -0.2) is 4.79 Å². The largest absolute Gasteiger partial charge is 0.373 e. The van der Waals surface area contributed by atoms with Gasteiger partial charge in [0.05, 0.1) is 12.2 Å². The lowest BCUT2D eigenvalue weighted by atomic mass is 10.1. The first-order chi connectivity index (χ1) is 6.65. The third-order valence-electron chi connectivity index (χ3n) is 2.00. The van der Waals surface area contributed by atoms with E-state index in [9.17, 15) is 4.79 Å². The van der Waals surface area contributed by atoms with Crippen molar-refractivity contribution in [1.29, 1.82) is 0 Å². The second-order valence-electron chi connectivity index (χ2n) is 3.08. The van der Waals surface area contributed by atoms with Crippen LogP contribution in [0.25, 0.3) is 0 Å². The standard InChI is InChI=1S/C11H14O3/c1-4-13-14-11(12)10-6-5-8(2)9(3)7-10/h5-7H,4H2,1-3H3. The molecular formula is C11H14O3. The summed E-state index contributed by atoms with van der Waals surface area (Å²) in [5, 5.41) is 0. The van der Waals surface area contributed by atoms with Crippen LogP contribution in [0.1, 0.15) is 28.4 Å². The number of hydrogen-bond acceptors (Lipinski definition) is 3. The molecule has 0 N–H and O–H groups in total. The Bertz CT molecular complexity index is 331. The van der Waals surface area contributed by atoms with Gasteiger partial charge in [-0.2, -0.15) is 4.89 Å². The van der Waals surface area contributed by atoms with Crippen molar-refractivity contribution in [3.05, 3.63) is 34.9 Å². The summed E-state index contributed by atoms with van der Waals surface area (Å²) in [6.07, 6.45) is 0. The molecule has 1 rings (SSSR count). The van der Waals surface area contributed by atoms with Crippen LogP contribution in [-0.2, 0) is 9.78 Å². The third-order valence-corrected chi connectivity index (χ3v) is 2.00. The van der Waals surface area contributed by atoms with Crippen molar-refractivity contribution in [3.63, 3.8) is 0 Å². The highest BCUT2D eigenvalue weighted by atomic mass is 17.2. The van der Waals surface area contributed by atoms with Gasteiger partial charge < -0.3 is 0 Å². The van der Waals surface area contributed by atoms with Crippen LogP contribution < -0.4 is 0 Å². The Kier molecular flexibility index (Phi) is 3.65. The molecule has 0 saturated carbocycles. The smallest absolute Gasteiger partial charge is 0.293 e. The average Bonchev–Trinajstić information content (AvgIpc) is 2.18. The summed E-state index contributed by atoms with van der Waals surface area (Å²) in [6.45, 7) is 6.06.